The smallest absolute Gasteiger partial charge is 0.253 e. The number of amides is 1. The highest BCUT2D eigenvalue weighted by molar-refractivity contribution is 5.97. The maximum Gasteiger partial charge on any atom is 0.253 e. The maximum atomic E-state index is 12.2. The quantitative estimate of drug-likeness (QED) is 0.375. The molecule has 2 N–H and O–H groups in total. The van der Waals surface area contributed by atoms with Crippen molar-refractivity contribution in [3.8, 4) is 17.4 Å². The van der Waals surface area contributed by atoms with Crippen LogP contribution in [-0.4, -0.2) is 53.6 Å². The van der Waals surface area contributed by atoms with Crippen LogP contribution in [0.1, 0.15) is 28.7 Å². The predicted molar refractivity (Wildman–Crippen MR) is 121 cm³/mol. The van der Waals surface area contributed by atoms with Gasteiger partial charge in [-0.05, 0) is 32.0 Å². The standard InChI is InChI=1S/C23H21N7O4/c1-13(11-31)25-22(32)15-7-8-16(24-10-15)12-33-23-18-6-4-3-5-17(18)20-26-27-21(30(20)28-23)19-9-14(2)34-29-19/h3-10,13,31H,11-12H2,1-2H3,(H,25,32). The molecule has 1 amide bonds. The normalized spacial score (nSPS) is 12.2. The van der Waals surface area contributed by atoms with E-state index in [-0.39, 0.29) is 25.2 Å². The van der Waals surface area contributed by atoms with Crippen LogP contribution in [0.3, 0.4) is 0 Å². The fourth-order valence-corrected chi connectivity index (χ4v) is 3.43. The number of nitrogens with zero attached hydrogens (tertiary/aromatic N) is 6. The Morgan fingerprint density at radius 1 is 1.21 bits per heavy atom. The number of rotatable bonds is 7. The number of aryl methyl sites for hydroxylation is 1. The number of fused-ring (bicyclic) bond motifs is 3. The molecule has 5 rings (SSSR count). The number of hydrogen-bond acceptors (Lipinski definition) is 9. The molecule has 1 atom stereocenters. The molecule has 34 heavy (non-hydrogen) atoms. The number of aliphatic hydroxyl groups excluding tert-OH is 1. The van der Waals surface area contributed by atoms with Crippen LogP contribution in [0.5, 0.6) is 5.88 Å². The molecule has 0 aliphatic heterocycles. The predicted octanol–water partition coefficient (Wildman–Crippen LogP) is 2.33. The van der Waals surface area contributed by atoms with Crippen molar-refractivity contribution in [3.05, 3.63) is 65.7 Å². The van der Waals surface area contributed by atoms with Crippen LogP contribution in [0.4, 0.5) is 0 Å². The van der Waals surface area contributed by atoms with Gasteiger partial charge in [-0.15, -0.1) is 15.3 Å². The Morgan fingerprint density at radius 3 is 2.74 bits per heavy atom. The van der Waals surface area contributed by atoms with Crippen molar-refractivity contribution in [3.63, 3.8) is 0 Å². The average Bonchev–Trinajstić information content (AvgIpc) is 3.48. The molecule has 0 aliphatic rings. The molecule has 0 fully saturated rings. The van der Waals surface area contributed by atoms with Crippen molar-refractivity contribution >= 4 is 22.3 Å². The van der Waals surface area contributed by atoms with E-state index in [9.17, 15) is 4.79 Å². The molecule has 172 valence electrons. The van der Waals surface area contributed by atoms with Crippen molar-refractivity contribution in [2.45, 2.75) is 26.5 Å². The van der Waals surface area contributed by atoms with Gasteiger partial charge in [0.05, 0.1) is 17.9 Å². The van der Waals surface area contributed by atoms with Gasteiger partial charge in [-0.1, -0.05) is 23.4 Å². The summed E-state index contributed by atoms with van der Waals surface area (Å²) in [6, 6.07) is 12.4. The highest BCUT2D eigenvalue weighted by atomic mass is 16.5. The molecule has 1 aromatic carbocycles. The minimum Gasteiger partial charge on any atom is -0.470 e. The summed E-state index contributed by atoms with van der Waals surface area (Å²) in [5.74, 6) is 1.17. The van der Waals surface area contributed by atoms with E-state index in [1.807, 2.05) is 24.3 Å². The van der Waals surface area contributed by atoms with Crippen LogP contribution in [0.15, 0.2) is 53.2 Å². The van der Waals surface area contributed by atoms with Crippen LogP contribution >= 0.6 is 0 Å². The van der Waals surface area contributed by atoms with Crippen molar-refractivity contribution in [1.82, 2.24) is 35.3 Å². The molecule has 4 heterocycles. The van der Waals surface area contributed by atoms with E-state index in [2.05, 4.69) is 30.8 Å². The lowest BCUT2D eigenvalue weighted by Gasteiger charge is -2.11. The fourth-order valence-electron chi connectivity index (χ4n) is 3.43. The van der Waals surface area contributed by atoms with Gasteiger partial charge in [-0.3, -0.25) is 9.78 Å². The molecule has 0 radical (unpaired) electrons. The van der Waals surface area contributed by atoms with E-state index >= 15 is 0 Å². The minimum atomic E-state index is -0.339. The molecule has 0 bridgehead atoms. The Balaban J connectivity index is 1.43. The number of carbonyl (C=O) groups excluding carboxylic acids is 1. The first-order chi connectivity index (χ1) is 16.5. The number of aromatic nitrogens is 6. The molecule has 4 aromatic heterocycles. The van der Waals surface area contributed by atoms with E-state index in [1.165, 1.54) is 6.20 Å². The summed E-state index contributed by atoms with van der Waals surface area (Å²) in [5.41, 5.74) is 2.11. The minimum absolute atomic E-state index is 0.137. The van der Waals surface area contributed by atoms with Crippen LogP contribution in [-0.2, 0) is 6.61 Å². The lowest BCUT2D eigenvalue weighted by molar-refractivity contribution is 0.0922. The first kappa shape index (κ1) is 21.5. The van der Waals surface area contributed by atoms with Gasteiger partial charge in [0.2, 0.25) is 11.7 Å². The van der Waals surface area contributed by atoms with Gasteiger partial charge in [0.15, 0.2) is 11.3 Å². The van der Waals surface area contributed by atoms with Gasteiger partial charge in [-0.25, -0.2) is 0 Å². The summed E-state index contributed by atoms with van der Waals surface area (Å²) in [6.07, 6.45) is 1.47. The zero-order valence-electron chi connectivity index (χ0n) is 18.5. The Hall–Kier alpha value is -4.38. The van der Waals surface area contributed by atoms with E-state index in [0.717, 1.165) is 10.8 Å². The molecule has 11 heteroatoms. The van der Waals surface area contributed by atoms with Crippen LogP contribution in [0, 0.1) is 6.92 Å². The lowest BCUT2D eigenvalue weighted by Crippen LogP contribution is -2.35. The highest BCUT2D eigenvalue weighted by Gasteiger charge is 2.18. The first-order valence-electron chi connectivity index (χ1n) is 10.6. The van der Waals surface area contributed by atoms with Crippen molar-refractivity contribution < 1.29 is 19.2 Å². The summed E-state index contributed by atoms with van der Waals surface area (Å²) in [6.45, 7) is 3.51. The Kier molecular flexibility index (Phi) is 5.60. The van der Waals surface area contributed by atoms with Crippen LogP contribution in [0.25, 0.3) is 27.9 Å². The Morgan fingerprint density at radius 2 is 2.03 bits per heavy atom. The number of hydrogen-bond donors (Lipinski definition) is 2. The van der Waals surface area contributed by atoms with Crippen molar-refractivity contribution in [1.29, 1.82) is 0 Å². The summed E-state index contributed by atoms with van der Waals surface area (Å²) in [4.78, 5) is 16.5. The van der Waals surface area contributed by atoms with Gasteiger partial charge in [0.25, 0.3) is 5.91 Å². The van der Waals surface area contributed by atoms with Crippen molar-refractivity contribution in [2.75, 3.05) is 6.61 Å². The van der Waals surface area contributed by atoms with Gasteiger partial charge >= 0.3 is 0 Å². The topological polar surface area (TPSA) is 141 Å². The monoisotopic (exact) mass is 459 g/mol. The summed E-state index contributed by atoms with van der Waals surface area (Å²) >= 11 is 0. The molecular formula is C23H21N7O4. The molecule has 11 nitrogen and oxygen atoms in total. The summed E-state index contributed by atoms with van der Waals surface area (Å²) < 4.78 is 12.8. The zero-order valence-corrected chi connectivity index (χ0v) is 18.5. The molecule has 5 aromatic rings. The maximum absolute atomic E-state index is 12.2. The third-order valence-electron chi connectivity index (χ3n) is 5.18. The third kappa shape index (κ3) is 4.04. The average molecular weight is 459 g/mol. The number of carbonyl (C=O) groups is 1. The molecule has 0 aliphatic carbocycles. The highest BCUT2D eigenvalue weighted by Crippen LogP contribution is 2.29. The zero-order chi connectivity index (χ0) is 23.7. The third-order valence-corrected chi connectivity index (χ3v) is 5.18. The number of aliphatic hydroxyl groups is 1. The number of nitrogens with one attached hydrogen (secondary N) is 1. The van der Waals surface area contributed by atoms with Gasteiger partial charge in [-0.2, -0.15) is 4.52 Å². The number of benzene rings is 1. The second-order valence-corrected chi connectivity index (χ2v) is 7.82. The van der Waals surface area contributed by atoms with Crippen molar-refractivity contribution in [2.24, 2.45) is 0 Å². The SMILES string of the molecule is Cc1cc(-c2nnc3c4ccccc4c(OCc4ccc(C(=O)NC(C)CO)cn4)nn23)no1. The van der Waals surface area contributed by atoms with E-state index in [0.29, 0.717) is 40.1 Å². The van der Waals surface area contributed by atoms with Gasteiger partial charge in [0, 0.05) is 29.1 Å². The molecule has 0 saturated heterocycles. The van der Waals surface area contributed by atoms with Gasteiger partial charge < -0.3 is 19.7 Å². The first-order valence-corrected chi connectivity index (χ1v) is 10.6. The largest absolute Gasteiger partial charge is 0.470 e. The van der Waals surface area contributed by atoms with E-state index < -0.39 is 0 Å². The summed E-state index contributed by atoms with van der Waals surface area (Å²) in [5, 5.41) is 30.6. The van der Waals surface area contributed by atoms with Gasteiger partial charge in [0.1, 0.15) is 12.4 Å². The second-order valence-electron chi connectivity index (χ2n) is 7.82. The summed E-state index contributed by atoms with van der Waals surface area (Å²) in [7, 11) is 0. The molecule has 0 spiro atoms. The van der Waals surface area contributed by atoms with Crippen LogP contribution < -0.4 is 10.1 Å². The van der Waals surface area contributed by atoms with E-state index in [4.69, 9.17) is 14.4 Å². The van der Waals surface area contributed by atoms with Crippen LogP contribution in [0.2, 0.25) is 0 Å². The second kappa shape index (κ2) is 8.87. The molecule has 1 unspecified atom stereocenters. The fraction of sp³-hybridized carbons (Fsp3) is 0.217. The molecule has 0 saturated carbocycles. The van der Waals surface area contributed by atoms with E-state index in [1.54, 1.807) is 36.6 Å². The Bertz CT molecular complexity index is 1480. The number of ether oxygens (including phenoxy) is 1. The molecular weight excluding hydrogens is 438 g/mol. The lowest BCUT2D eigenvalue weighted by atomic mass is 10.2. The number of pyridine rings is 1. The Labute approximate surface area is 193 Å².